The lowest BCUT2D eigenvalue weighted by Gasteiger charge is -2.32. The highest BCUT2D eigenvalue weighted by Crippen LogP contribution is 2.37. The fourth-order valence-corrected chi connectivity index (χ4v) is 3.23. The summed E-state index contributed by atoms with van der Waals surface area (Å²) in [5.74, 6) is 1.06. The first-order chi connectivity index (χ1) is 8.69. The third kappa shape index (κ3) is 3.04. The molecule has 2 aliphatic rings. The summed E-state index contributed by atoms with van der Waals surface area (Å²) in [6.45, 7) is 1.63. The van der Waals surface area contributed by atoms with Crippen LogP contribution in [0.2, 0.25) is 0 Å². The number of likely N-dealkylation sites (N-methyl/N-ethyl adjacent to an activating group) is 1. The first kappa shape index (κ1) is 13.8. The summed E-state index contributed by atoms with van der Waals surface area (Å²) >= 11 is 0. The standard InChI is InChI=1S/C14H26N2O2/c1-16-14(13(15)17)8-2-3-12(14)7-10-18-9-6-11-4-5-11/h11-12,16H,2-10H2,1H3,(H2,15,17). The number of hydrogen-bond acceptors (Lipinski definition) is 3. The zero-order valence-corrected chi connectivity index (χ0v) is 11.4. The van der Waals surface area contributed by atoms with Gasteiger partial charge >= 0.3 is 0 Å². The van der Waals surface area contributed by atoms with Crippen LogP contribution in [0, 0.1) is 11.8 Å². The lowest BCUT2D eigenvalue weighted by atomic mass is 9.84. The van der Waals surface area contributed by atoms with Crippen molar-refractivity contribution in [3.63, 3.8) is 0 Å². The maximum atomic E-state index is 11.7. The molecule has 0 aromatic rings. The molecule has 2 aliphatic carbocycles. The van der Waals surface area contributed by atoms with Gasteiger partial charge < -0.3 is 15.8 Å². The van der Waals surface area contributed by atoms with Crippen molar-refractivity contribution in [2.75, 3.05) is 20.3 Å². The second kappa shape index (κ2) is 6.02. The Morgan fingerprint density at radius 1 is 1.33 bits per heavy atom. The van der Waals surface area contributed by atoms with Crippen LogP contribution in [0.4, 0.5) is 0 Å². The van der Waals surface area contributed by atoms with Crippen LogP contribution in [0.25, 0.3) is 0 Å². The molecule has 0 heterocycles. The van der Waals surface area contributed by atoms with Gasteiger partial charge in [-0.1, -0.05) is 19.3 Å². The van der Waals surface area contributed by atoms with E-state index in [1.54, 1.807) is 0 Å². The first-order valence-corrected chi connectivity index (χ1v) is 7.25. The van der Waals surface area contributed by atoms with E-state index in [1.165, 1.54) is 19.3 Å². The molecule has 0 spiro atoms. The molecule has 0 aromatic heterocycles. The zero-order chi connectivity index (χ0) is 13.0. The number of primary amides is 1. The molecule has 104 valence electrons. The molecular formula is C14H26N2O2. The van der Waals surface area contributed by atoms with Crippen molar-refractivity contribution in [1.82, 2.24) is 5.32 Å². The SMILES string of the molecule is CNC1(C(N)=O)CCCC1CCOCCC1CC1. The second-order valence-electron chi connectivity index (χ2n) is 5.81. The molecule has 2 saturated carbocycles. The van der Waals surface area contributed by atoms with Crippen molar-refractivity contribution in [1.29, 1.82) is 0 Å². The van der Waals surface area contributed by atoms with Crippen molar-refractivity contribution in [3.05, 3.63) is 0 Å². The van der Waals surface area contributed by atoms with Gasteiger partial charge in [-0.2, -0.15) is 0 Å². The Morgan fingerprint density at radius 3 is 2.67 bits per heavy atom. The monoisotopic (exact) mass is 254 g/mol. The molecule has 0 radical (unpaired) electrons. The maximum absolute atomic E-state index is 11.7. The molecule has 2 rings (SSSR count). The largest absolute Gasteiger partial charge is 0.381 e. The number of ether oxygens (including phenoxy) is 1. The average Bonchev–Trinajstić information content (AvgIpc) is 3.07. The fourth-order valence-electron chi connectivity index (χ4n) is 3.23. The number of rotatable bonds is 8. The van der Waals surface area contributed by atoms with Gasteiger partial charge in [-0.05, 0) is 44.6 Å². The minimum atomic E-state index is -0.486. The van der Waals surface area contributed by atoms with Gasteiger partial charge in [-0.15, -0.1) is 0 Å². The summed E-state index contributed by atoms with van der Waals surface area (Å²) in [6, 6.07) is 0. The quantitative estimate of drug-likeness (QED) is 0.644. The van der Waals surface area contributed by atoms with E-state index < -0.39 is 5.54 Å². The van der Waals surface area contributed by atoms with Crippen LogP contribution in [0.5, 0.6) is 0 Å². The Labute approximate surface area is 110 Å². The molecule has 0 saturated heterocycles. The topological polar surface area (TPSA) is 64.3 Å². The smallest absolute Gasteiger partial charge is 0.238 e. The third-order valence-electron chi connectivity index (χ3n) is 4.68. The predicted octanol–water partition coefficient (Wildman–Crippen LogP) is 1.44. The molecule has 2 atom stereocenters. The van der Waals surface area contributed by atoms with Gasteiger partial charge in [0.2, 0.25) is 5.91 Å². The van der Waals surface area contributed by atoms with Gasteiger partial charge in [-0.25, -0.2) is 0 Å². The summed E-state index contributed by atoms with van der Waals surface area (Å²) in [5, 5.41) is 3.17. The molecule has 0 aromatic carbocycles. The van der Waals surface area contributed by atoms with Gasteiger partial charge in [0, 0.05) is 13.2 Å². The molecule has 0 aliphatic heterocycles. The molecule has 18 heavy (non-hydrogen) atoms. The van der Waals surface area contributed by atoms with Crippen LogP contribution >= 0.6 is 0 Å². The van der Waals surface area contributed by atoms with Crippen LogP contribution in [0.15, 0.2) is 0 Å². The fraction of sp³-hybridized carbons (Fsp3) is 0.929. The van der Waals surface area contributed by atoms with Crippen LogP contribution in [-0.4, -0.2) is 31.7 Å². The highest BCUT2D eigenvalue weighted by Gasteiger charge is 2.46. The summed E-state index contributed by atoms with van der Waals surface area (Å²) in [6.07, 6.45) is 7.94. The number of nitrogens with one attached hydrogen (secondary N) is 1. The Hall–Kier alpha value is -0.610. The number of amides is 1. The summed E-state index contributed by atoms with van der Waals surface area (Å²) in [7, 11) is 1.84. The highest BCUT2D eigenvalue weighted by molar-refractivity contribution is 5.85. The zero-order valence-electron chi connectivity index (χ0n) is 11.4. The van der Waals surface area contributed by atoms with Crippen molar-refractivity contribution in [3.8, 4) is 0 Å². The van der Waals surface area contributed by atoms with Crippen molar-refractivity contribution >= 4 is 5.91 Å². The van der Waals surface area contributed by atoms with E-state index in [1.807, 2.05) is 7.05 Å². The van der Waals surface area contributed by atoms with Crippen molar-refractivity contribution in [2.45, 2.75) is 50.5 Å². The molecule has 3 N–H and O–H groups in total. The Bertz CT molecular complexity index is 292. The lowest BCUT2D eigenvalue weighted by Crippen LogP contribution is -2.56. The van der Waals surface area contributed by atoms with Gasteiger partial charge in [0.1, 0.15) is 5.54 Å². The molecule has 4 heteroatoms. The molecule has 2 unspecified atom stereocenters. The van der Waals surface area contributed by atoms with E-state index >= 15 is 0 Å². The molecule has 4 nitrogen and oxygen atoms in total. The Kier molecular flexibility index (Phi) is 4.62. The molecule has 1 amide bonds. The minimum absolute atomic E-state index is 0.203. The van der Waals surface area contributed by atoms with Gasteiger partial charge in [-0.3, -0.25) is 4.79 Å². The van der Waals surface area contributed by atoms with E-state index in [9.17, 15) is 4.79 Å². The average molecular weight is 254 g/mol. The minimum Gasteiger partial charge on any atom is -0.381 e. The molecule has 0 bridgehead atoms. The summed E-state index contributed by atoms with van der Waals surface area (Å²) in [5.41, 5.74) is 5.08. The van der Waals surface area contributed by atoms with E-state index in [0.29, 0.717) is 5.92 Å². The second-order valence-corrected chi connectivity index (χ2v) is 5.81. The van der Waals surface area contributed by atoms with Crippen LogP contribution in [-0.2, 0) is 9.53 Å². The number of carbonyl (C=O) groups is 1. The summed E-state index contributed by atoms with van der Waals surface area (Å²) < 4.78 is 5.68. The molecule has 2 fully saturated rings. The normalized spacial score (nSPS) is 31.7. The van der Waals surface area contributed by atoms with Crippen LogP contribution in [0.3, 0.4) is 0 Å². The number of carbonyl (C=O) groups excluding carboxylic acids is 1. The molecular weight excluding hydrogens is 228 g/mol. The van der Waals surface area contributed by atoms with E-state index in [2.05, 4.69) is 5.32 Å². The highest BCUT2D eigenvalue weighted by atomic mass is 16.5. The number of hydrogen-bond donors (Lipinski definition) is 2. The van der Waals surface area contributed by atoms with E-state index in [-0.39, 0.29) is 5.91 Å². The van der Waals surface area contributed by atoms with E-state index in [0.717, 1.165) is 44.8 Å². The summed E-state index contributed by atoms with van der Waals surface area (Å²) in [4.78, 5) is 11.7. The Morgan fingerprint density at radius 2 is 2.06 bits per heavy atom. The maximum Gasteiger partial charge on any atom is 0.238 e. The van der Waals surface area contributed by atoms with Crippen LogP contribution < -0.4 is 11.1 Å². The van der Waals surface area contributed by atoms with Gasteiger partial charge in [0.15, 0.2) is 0 Å². The van der Waals surface area contributed by atoms with Gasteiger partial charge in [0.25, 0.3) is 0 Å². The Balaban J connectivity index is 1.71. The third-order valence-corrected chi connectivity index (χ3v) is 4.68. The van der Waals surface area contributed by atoms with Crippen molar-refractivity contribution in [2.24, 2.45) is 17.6 Å². The number of nitrogens with two attached hydrogens (primary N) is 1. The lowest BCUT2D eigenvalue weighted by molar-refractivity contribution is -0.125. The first-order valence-electron chi connectivity index (χ1n) is 7.25. The van der Waals surface area contributed by atoms with Crippen molar-refractivity contribution < 1.29 is 9.53 Å². The van der Waals surface area contributed by atoms with E-state index in [4.69, 9.17) is 10.5 Å². The predicted molar refractivity (Wildman–Crippen MR) is 71.1 cm³/mol. The van der Waals surface area contributed by atoms with Crippen LogP contribution in [0.1, 0.15) is 44.9 Å². The van der Waals surface area contributed by atoms with Gasteiger partial charge in [0.05, 0.1) is 0 Å².